The highest BCUT2D eigenvalue weighted by molar-refractivity contribution is 8.26. The molecule has 0 aromatic heterocycles. The number of hydrogen-bond acceptors (Lipinski definition) is 3. The number of amides is 1. The van der Waals surface area contributed by atoms with E-state index in [-0.39, 0.29) is 5.91 Å². The predicted molar refractivity (Wildman–Crippen MR) is 96.2 cm³/mol. The highest BCUT2D eigenvalue weighted by Gasteiger charge is 2.33. The van der Waals surface area contributed by atoms with E-state index in [0.717, 1.165) is 21.6 Å². The summed E-state index contributed by atoms with van der Waals surface area (Å²) < 4.78 is 0.624. The van der Waals surface area contributed by atoms with Crippen LogP contribution in [0.3, 0.4) is 0 Å². The number of thioether (sulfide) groups is 1. The van der Waals surface area contributed by atoms with E-state index in [1.165, 1.54) is 11.8 Å². The van der Waals surface area contributed by atoms with Gasteiger partial charge in [-0.25, -0.2) is 0 Å². The fraction of sp³-hybridized carbons (Fsp3) is 0.111. The van der Waals surface area contributed by atoms with Gasteiger partial charge in [0.05, 0.1) is 11.4 Å². The van der Waals surface area contributed by atoms with E-state index in [2.05, 4.69) is 0 Å². The van der Waals surface area contributed by atoms with E-state index < -0.39 is 0 Å². The molecule has 1 saturated heterocycles. The fourth-order valence-electron chi connectivity index (χ4n) is 2.35. The van der Waals surface area contributed by atoms with Gasteiger partial charge in [-0.15, -0.1) is 0 Å². The molecule has 4 heteroatoms. The van der Waals surface area contributed by atoms with Crippen LogP contribution in [-0.4, -0.2) is 15.1 Å². The summed E-state index contributed by atoms with van der Waals surface area (Å²) in [4.78, 5) is 15.1. The first-order valence-electron chi connectivity index (χ1n) is 7.00. The molecular formula is C18H15NOS2. The normalized spacial score (nSPS) is 17.0. The molecule has 110 valence electrons. The average molecular weight is 325 g/mol. The third-order valence-electron chi connectivity index (χ3n) is 3.58. The van der Waals surface area contributed by atoms with Crippen LogP contribution in [0.4, 0.5) is 0 Å². The molecule has 0 bridgehead atoms. The molecule has 2 aromatic rings. The minimum absolute atomic E-state index is 0.000191. The number of thiocarbonyl (C=S) groups is 1. The number of carbonyl (C=O) groups is 1. The van der Waals surface area contributed by atoms with Crippen LogP contribution >= 0.6 is 24.0 Å². The Kier molecular flexibility index (Phi) is 4.41. The summed E-state index contributed by atoms with van der Waals surface area (Å²) in [6.07, 6.45) is 0. The Morgan fingerprint density at radius 3 is 2.27 bits per heavy atom. The molecule has 1 fully saturated rings. The molecule has 22 heavy (non-hydrogen) atoms. The van der Waals surface area contributed by atoms with E-state index in [9.17, 15) is 4.79 Å². The molecule has 0 saturated carbocycles. The standard InChI is InChI=1S/C18H15NOS2/c1-13(15-10-6-3-7-11-15)16-17(20)19(18(21)22-16)12-14-8-4-2-5-9-14/h2-11H,12H2,1H3/b16-13+. The van der Waals surface area contributed by atoms with Crippen molar-refractivity contribution in [2.75, 3.05) is 0 Å². The lowest BCUT2D eigenvalue weighted by Crippen LogP contribution is -2.27. The van der Waals surface area contributed by atoms with Gasteiger partial charge in [0.15, 0.2) is 0 Å². The number of hydrogen-bond donors (Lipinski definition) is 0. The van der Waals surface area contributed by atoms with E-state index in [1.54, 1.807) is 4.90 Å². The van der Waals surface area contributed by atoms with E-state index in [4.69, 9.17) is 12.2 Å². The summed E-state index contributed by atoms with van der Waals surface area (Å²) in [6, 6.07) is 19.9. The number of benzene rings is 2. The second-order valence-corrected chi connectivity index (χ2v) is 6.71. The molecule has 0 N–H and O–H groups in total. The van der Waals surface area contributed by atoms with Crippen molar-refractivity contribution >= 4 is 39.8 Å². The molecule has 0 spiro atoms. The van der Waals surface area contributed by atoms with Crippen LogP contribution in [0.2, 0.25) is 0 Å². The summed E-state index contributed by atoms with van der Waals surface area (Å²) >= 11 is 6.79. The van der Waals surface area contributed by atoms with Gasteiger partial charge < -0.3 is 0 Å². The Bertz CT molecular complexity index is 738. The van der Waals surface area contributed by atoms with E-state index >= 15 is 0 Å². The van der Waals surface area contributed by atoms with Gasteiger partial charge in [0.25, 0.3) is 5.91 Å². The number of carbonyl (C=O) groups excluding carboxylic acids is 1. The van der Waals surface area contributed by atoms with Crippen molar-refractivity contribution < 1.29 is 4.79 Å². The number of allylic oxidation sites excluding steroid dienone is 1. The van der Waals surface area contributed by atoms with Gasteiger partial charge in [0.1, 0.15) is 4.32 Å². The van der Waals surface area contributed by atoms with Gasteiger partial charge in [-0.3, -0.25) is 9.69 Å². The van der Waals surface area contributed by atoms with Gasteiger partial charge in [-0.2, -0.15) is 0 Å². The minimum Gasteiger partial charge on any atom is -0.288 e. The lowest BCUT2D eigenvalue weighted by Gasteiger charge is -2.14. The molecule has 0 radical (unpaired) electrons. The number of nitrogens with zero attached hydrogens (tertiary/aromatic N) is 1. The van der Waals surface area contributed by atoms with Gasteiger partial charge in [-0.05, 0) is 23.6 Å². The molecule has 1 aliphatic heterocycles. The smallest absolute Gasteiger partial charge is 0.266 e. The summed E-state index contributed by atoms with van der Waals surface area (Å²) in [5.41, 5.74) is 3.12. The van der Waals surface area contributed by atoms with Crippen molar-refractivity contribution in [1.82, 2.24) is 4.90 Å². The first-order valence-corrected chi connectivity index (χ1v) is 8.23. The van der Waals surface area contributed by atoms with Crippen LogP contribution in [0.1, 0.15) is 18.1 Å². The zero-order valence-corrected chi connectivity index (χ0v) is 13.8. The SMILES string of the molecule is C/C(=C1\SC(=S)N(Cc2ccccc2)C1=O)c1ccccc1. The second kappa shape index (κ2) is 6.46. The molecular weight excluding hydrogens is 310 g/mol. The maximum Gasteiger partial charge on any atom is 0.266 e. The Morgan fingerprint density at radius 2 is 1.64 bits per heavy atom. The van der Waals surface area contributed by atoms with Crippen LogP contribution in [0.15, 0.2) is 65.6 Å². The van der Waals surface area contributed by atoms with Gasteiger partial charge in [0, 0.05) is 0 Å². The van der Waals surface area contributed by atoms with Crippen molar-refractivity contribution in [3.05, 3.63) is 76.7 Å². The largest absolute Gasteiger partial charge is 0.288 e. The second-order valence-electron chi connectivity index (χ2n) is 5.07. The van der Waals surface area contributed by atoms with Crippen LogP contribution in [0.5, 0.6) is 0 Å². The topological polar surface area (TPSA) is 20.3 Å². The van der Waals surface area contributed by atoms with E-state index in [0.29, 0.717) is 10.9 Å². The van der Waals surface area contributed by atoms with Crippen molar-refractivity contribution in [2.45, 2.75) is 13.5 Å². The maximum absolute atomic E-state index is 12.7. The summed E-state index contributed by atoms with van der Waals surface area (Å²) in [5.74, 6) is 0.000191. The summed E-state index contributed by atoms with van der Waals surface area (Å²) in [5, 5.41) is 0. The highest BCUT2D eigenvalue weighted by Crippen LogP contribution is 2.37. The quantitative estimate of drug-likeness (QED) is 0.613. The third kappa shape index (κ3) is 2.98. The molecule has 2 aromatic carbocycles. The lowest BCUT2D eigenvalue weighted by atomic mass is 10.1. The Balaban J connectivity index is 1.88. The molecule has 0 unspecified atom stereocenters. The van der Waals surface area contributed by atoms with Crippen molar-refractivity contribution in [3.63, 3.8) is 0 Å². The minimum atomic E-state index is 0.000191. The van der Waals surface area contributed by atoms with Gasteiger partial charge in [0.2, 0.25) is 0 Å². The molecule has 1 heterocycles. The zero-order valence-electron chi connectivity index (χ0n) is 12.2. The van der Waals surface area contributed by atoms with Gasteiger partial charge >= 0.3 is 0 Å². The molecule has 0 atom stereocenters. The first-order chi connectivity index (χ1) is 10.7. The van der Waals surface area contributed by atoms with Crippen molar-refractivity contribution in [2.24, 2.45) is 0 Å². The molecule has 1 amide bonds. The lowest BCUT2D eigenvalue weighted by molar-refractivity contribution is -0.122. The summed E-state index contributed by atoms with van der Waals surface area (Å²) in [6.45, 7) is 2.50. The zero-order chi connectivity index (χ0) is 15.5. The first kappa shape index (κ1) is 15.0. The Labute approximate surface area is 139 Å². The summed E-state index contributed by atoms with van der Waals surface area (Å²) in [7, 11) is 0. The molecule has 2 nitrogen and oxygen atoms in total. The Hall–Kier alpha value is -1.91. The van der Waals surface area contributed by atoms with Crippen molar-refractivity contribution in [1.29, 1.82) is 0 Å². The van der Waals surface area contributed by atoms with Crippen LogP contribution in [-0.2, 0) is 11.3 Å². The highest BCUT2D eigenvalue weighted by atomic mass is 32.2. The maximum atomic E-state index is 12.7. The monoisotopic (exact) mass is 325 g/mol. The molecule has 1 aliphatic rings. The van der Waals surface area contributed by atoms with E-state index in [1.807, 2.05) is 67.6 Å². The van der Waals surface area contributed by atoms with Crippen LogP contribution in [0, 0.1) is 0 Å². The number of rotatable bonds is 3. The molecule has 3 rings (SSSR count). The Morgan fingerprint density at radius 1 is 1.05 bits per heavy atom. The van der Waals surface area contributed by atoms with Crippen LogP contribution < -0.4 is 0 Å². The fourth-order valence-corrected chi connectivity index (χ4v) is 3.65. The van der Waals surface area contributed by atoms with Gasteiger partial charge in [-0.1, -0.05) is 84.6 Å². The predicted octanol–water partition coefficient (Wildman–Crippen LogP) is 4.48. The third-order valence-corrected chi connectivity index (χ3v) is 5.13. The van der Waals surface area contributed by atoms with Crippen molar-refractivity contribution in [3.8, 4) is 0 Å². The molecule has 0 aliphatic carbocycles. The van der Waals surface area contributed by atoms with Crippen LogP contribution in [0.25, 0.3) is 5.57 Å². The average Bonchev–Trinajstić information content (AvgIpc) is 2.84.